The highest BCUT2D eigenvalue weighted by molar-refractivity contribution is 5.88. The van der Waals surface area contributed by atoms with Gasteiger partial charge in [0.15, 0.2) is 0 Å². The van der Waals surface area contributed by atoms with Crippen LogP contribution in [0.3, 0.4) is 0 Å². The Kier molecular flexibility index (Phi) is 12.3. The number of piperazine rings is 1. The number of benzene rings is 1. The molecule has 0 bridgehead atoms. The molecule has 1 aromatic rings. The van der Waals surface area contributed by atoms with Crippen LogP contribution >= 0.6 is 0 Å². The van der Waals surface area contributed by atoms with Gasteiger partial charge in [0.2, 0.25) is 11.8 Å². The van der Waals surface area contributed by atoms with Gasteiger partial charge in [-0.3, -0.25) is 9.59 Å². The SMILES string of the molecule is CCC1CN(C(=O)N[C@H](Cc2ccc(F)cc2)C(=O)N2CCC(C(=O)NC(C)(C)COC)(C3CCCCC3)CC2)CC(CC)N1. The standard InChI is InChI=1S/C35H56FN5O4/c1-6-28-22-41(23-29(7-2)37-28)33(44)38-30(21-25-13-15-27(36)16-14-25)31(42)40-19-17-35(18-20-40,26-11-9-8-10-12-26)32(43)39-34(3,4)24-45-5/h13-16,26,28-30,37H,6-12,17-24H2,1-5H3,(H,38,44)(H,39,43)/t28?,29?,30-/m1/s1. The molecule has 4 rings (SSSR count). The maximum atomic E-state index is 14.2. The van der Waals surface area contributed by atoms with E-state index in [1.54, 1.807) is 19.2 Å². The lowest BCUT2D eigenvalue weighted by atomic mass is 9.63. The molecule has 0 aromatic heterocycles. The molecule has 0 radical (unpaired) electrons. The lowest BCUT2D eigenvalue weighted by Crippen LogP contribution is -2.62. The monoisotopic (exact) mass is 629 g/mol. The van der Waals surface area contributed by atoms with Gasteiger partial charge in [-0.2, -0.15) is 0 Å². The minimum atomic E-state index is -0.797. The van der Waals surface area contributed by atoms with Crippen LogP contribution in [-0.4, -0.2) is 91.2 Å². The Morgan fingerprint density at radius 1 is 1.00 bits per heavy atom. The normalized spacial score (nSPS) is 23.3. The molecule has 1 aromatic carbocycles. The zero-order valence-corrected chi connectivity index (χ0v) is 28.1. The second-order valence-electron chi connectivity index (χ2n) is 14.2. The Morgan fingerprint density at radius 3 is 2.16 bits per heavy atom. The van der Waals surface area contributed by atoms with Gasteiger partial charge >= 0.3 is 6.03 Å². The van der Waals surface area contributed by atoms with E-state index in [4.69, 9.17) is 4.74 Å². The Bertz CT molecular complexity index is 1120. The van der Waals surface area contributed by atoms with E-state index in [-0.39, 0.29) is 48.1 Å². The number of nitrogens with one attached hydrogen (secondary N) is 3. The number of likely N-dealkylation sites (tertiary alicyclic amines) is 1. The number of amides is 4. The van der Waals surface area contributed by atoms with E-state index < -0.39 is 17.0 Å². The molecule has 1 aliphatic carbocycles. The summed E-state index contributed by atoms with van der Waals surface area (Å²) in [5.74, 6) is -0.152. The molecule has 2 unspecified atom stereocenters. The molecule has 4 amide bonds. The van der Waals surface area contributed by atoms with E-state index in [2.05, 4.69) is 29.8 Å². The molecule has 252 valence electrons. The average molecular weight is 630 g/mol. The number of piperidine rings is 1. The van der Waals surface area contributed by atoms with Crippen molar-refractivity contribution >= 4 is 17.8 Å². The number of methoxy groups -OCH3 is 1. The molecule has 3 N–H and O–H groups in total. The number of rotatable bonds is 11. The first kappa shape index (κ1) is 35.1. The number of carbonyl (C=O) groups excluding carboxylic acids is 3. The van der Waals surface area contributed by atoms with Crippen LogP contribution in [0.15, 0.2) is 24.3 Å². The molecule has 9 nitrogen and oxygen atoms in total. The molecule has 10 heteroatoms. The van der Waals surface area contributed by atoms with Crippen LogP contribution in [0.25, 0.3) is 0 Å². The molecular formula is C35H56FN5O4. The van der Waals surface area contributed by atoms with Gasteiger partial charge in [-0.05, 0) is 76.0 Å². The van der Waals surface area contributed by atoms with E-state index in [0.717, 1.165) is 44.1 Å². The summed E-state index contributed by atoms with van der Waals surface area (Å²) < 4.78 is 19.1. The highest BCUT2D eigenvalue weighted by Gasteiger charge is 2.49. The molecule has 3 fully saturated rings. The fourth-order valence-corrected chi connectivity index (χ4v) is 7.65. The fourth-order valence-electron chi connectivity index (χ4n) is 7.65. The lowest BCUT2D eigenvalue weighted by Gasteiger charge is -2.48. The quantitative estimate of drug-likeness (QED) is 0.331. The van der Waals surface area contributed by atoms with E-state index in [9.17, 15) is 18.8 Å². The number of hydrogen-bond donors (Lipinski definition) is 3. The molecule has 2 heterocycles. The van der Waals surface area contributed by atoms with Crippen molar-refractivity contribution in [3.05, 3.63) is 35.6 Å². The molecular weight excluding hydrogens is 573 g/mol. The Morgan fingerprint density at radius 2 is 1.60 bits per heavy atom. The van der Waals surface area contributed by atoms with Crippen molar-refractivity contribution in [2.45, 2.75) is 116 Å². The largest absolute Gasteiger partial charge is 0.382 e. The number of hydrogen-bond acceptors (Lipinski definition) is 5. The van der Waals surface area contributed by atoms with Crippen molar-refractivity contribution in [2.24, 2.45) is 11.3 Å². The summed E-state index contributed by atoms with van der Waals surface area (Å²) >= 11 is 0. The summed E-state index contributed by atoms with van der Waals surface area (Å²) in [7, 11) is 1.64. The van der Waals surface area contributed by atoms with Gasteiger partial charge in [0.25, 0.3) is 0 Å². The zero-order chi connectivity index (χ0) is 32.6. The van der Waals surface area contributed by atoms with Crippen molar-refractivity contribution in [1.29, 1.82) is 0 Å². The van der Waals surface area contributed by atoms with Crippen molar-refractivity contribution < 1.29 is 23.5 Å². The lowest BCUT2D eigenvalue weighted by molar-refractivity contribution is -0.147. The smallest absolute Gasteiger partial charge is 0.318 e. The third-order valence-corrected chi connectivity index (χ3v) is 10.3. The van der Waals surface area contributed by atoms with Crippen LogP contribution < -0.4 is 16.0 Å². The second-order valence-corrected chi connectivity index (χ2v) is 14.2. The van der Waals surface area contributed by atoms with Gasteiger partial charge < -0.3 is 30.5 Å². The summed E-state index contributed by atoms with van der Waals surface area (Å²) in [5.41, 5.74) is -0.257. The average Bonchev–Trinajstić information content (AvgIpc) is 3.04. The minimum Gasteiger partial charge on any atom is -0.382 e. The summed E-state index contributed by atoms with van der Waals surface area (Å²) in [6.45, 7) is 10.7. The third kappa shape index (κ3) is 8.97. The molecule has 45 heavy (non-hydrogen) atoms. The van der Waals surface area contributed by atoms with E-state index >= 15 is 0 Å². The third-order valence-electron chi connectivity index (χ3n) is 10.3. The predicted octanol–water partition coefficient (Wildman–Crippen LogP) is 4.64. The first-order valence-corrected chi connectivity index (χ1v) is 17.2. The van der Waals surface area contributed by atoms with E-state index in [0.29, 0.717) is 45.6 Å². The summed E-state index contributed by atoms with van der Waals surface area (Å²) in [6, 6.07) is 5.47. The maximum absolute atomic E-state index is 14.2. The summed E-state index contributed by atoms with van der Waals surface area (Å²) in [4.78, 5) is 45.5. The Hall–Kier alpha value is -2.72. The number of ether oxygens (including phenoxy) is 1. The molecule has 2 aliphatic heterocycles. The second kappa shape index (κ2) is 15.7. The summed E-state index contributed by atoms with van der Waals surface area (Å²) in [5, 5.41) is 9.96. The van der Waals surface area contributed by atoms with E-state index in [1.807, 2.05) is 23.6 Å². The van der Waals surface area contributed by atoms with Crippen molar-refractivity contribution in [1.82, 2.24) is 25.8 Å². The first-order chi connectivity index (χ1) is 21.5. The van der Waals surface area contributed by atoms with E-state index in [1.165, 1.54) is 18.6 Å². The number of halogens is 1. The van der Waals surface area contributed by atoms with Crippen LogP contribution in [0, 0.1) is 17.2 Å². The predicted molar refractivity (Wildman–Crippen MR) is 174 cm³/mol. The van der Waals surface area contributed by atoms with Crippen molar-refractivity contribution in [3.63, 3.8) is 0 Å². The van der Waals surface area contributed by atoms with Crippen molar-refractivity contribution in [2.75, 3.05) is 39.9 Å². The molecule has 1 saturated carbocycles. The summed E-state index contributed by atoms with van der Waals surface area (Å²) in [6.07, 6.45) is 8.75. The highest BCUT2D eigenvalue weighted by Crippen LogP contribution is 2.46. The molecule has 3 aliphatic rings. The molecule has 0 spiro atoms. The van der Waals surface area contributed by atoms with Crippen LogP contribution in [-0.2, 0) is 20.7 Å². The first-order valence-electron chi connectivity index (χ1n) is 17.2. The van der Waals surface area contributed by atoms with Crippen LogP contribution in [0.4, 0.5) is 9.18 Å². The number of carbonyl (C=O) groups is 3. The van der Waals surface area contributed by atoms with Crippen LogP contribution in [0.2, 0.25) is 0 Å². The highest BCUT2D eigenvalue weighted by atomic mass is 19.1. The zero-order valence-electron chi connectivity index (χ0n) is 28.1. The van der Waals surface area contributed by atoms with Gasteiger partial charge in [-0.25, -0.2) is 9.18 Å². The number of urea groups is 1. The van der Waals surface area contributed by atoms with Crippen LogP contribution in [0.5, 0.6) is 0 Å². The van der Waals surface area contributed by atoms with Crippen LogP contribution in [0.1, 0.15) is 91.0 Å². The van der Waals surface area contributed by atoms with Gasteiger partial charge in [0, 0.05) is 51.8 Å². The topological polar surface area (TPSA) is 103 Å². The van der Waals surface area contributed by atoms with Gasteiger partial charge in [0.1, 0.15) is 11.9 Å². The fraction of sp³-hybridized carbons (Fsp3) is 0.743. The number of nitrogens with zero attached hydrogens (tertiary/aromatic N) is 2. The Balaban J connectivity index is 1.51. The van der Waals surface area contributed by atoms with Gasteiger partial charge in [0.05, 0.1) is 17.6 Å². The Labute approximate surface area is 269 Å². The molecule has 2 saturated heterocycles. The van der Waals surface area contributed by atoms with Crippen molar-refractivity contribution in [3.8, 4) is 0 Å². The van der Waals surface area contributed by atoms with Gasteiger partial charge in [-0.1, -0.05) is 45.2 Å². The minimum absolute atomic E-state index is 0.0642. The van der Waals surface area contributed by atoms with Gasteiger partial charge in [-0.15, -0.1) is 0 Å². The molecule has 3 atom stereocenters. The maximum Gasteiger partial charge on any atom is 0.318 e.